The number of anilines is 1. The summed E-state index contributed by atoms with van der Waals surface area (Å²) in [6, 6.07) is 11.5. The lowest BCUT2D eigenvalue weighted by molar-refractivity contribution is -0.124. The fourth-order valence-corrected chi connectivity index (χ4v) is 4.69. The van der Waals surface area contributed by atoms with Crippen molar-refractivity contribution in [1.29, 1.82) is 0 Å². The van der Waals surface area contributed by atoms with Gasteiger partial charge in [-0.25, -0.2) is 4.79 Å². The number of fused-ring (bicyclic) bond motifs is 1. The van der Waals surface area contributed by atoms with Crippen molar-refractivity contribution in [2.45, 2.75) is 51.7 Å². The molecule has 2 aromatic carbocycles. The number of nitrogens with zero attached hydrogens (tertiary/aromatic N) is 2. The molecule has 0 bridgehead atoms. The lowest BCUT2D eigenvalue weighted by atomic mass is 10.1. The van der Waals surface area contributed by atoms with Gasteiger partial charge in [0.15, 0.2) is 0 Å². The van der Waals surface area contributed by atoms with Crippen LogP contribution in [0.25, 0.3) is 0 Å². The standard InChI is InChI=1S/C26H31ClN4O4/c1-3-13-35-19-10-11-20(21(27)14-19)25(33)31-15-17(2)30(16-18-7-4-5-9-23(18)31)26(34)29-22-8-6-12-28-24(22)32/h4-5,7,9-11,14,17,22H,3,6,8,12-13,15-16H2,1-2H3,(H,28,32)(H,29,34)/t17-,22?/m1/s1. The topological polar surface area (TPSA) is 91.0 Å². The molecule has 9 heteroatoms. The highest BCUT2D eigenvalue weighted by atomic mass is 35.5. The van der Waals surface area contributed by atoms with Crippen LogP contribution in [0.5, 0.6) is 5.75 Å². The molecule has 4 rings (SSSR count). The molecule has 0 aromatic heterocycles. The van der Waals surface area contributed by atoms with Gasteiger partial charge in [0.2, 0.25) is 5.91 Å². The molecule has 186 valence electrons. The summed E-state index contributed by atoms with van der Waals surface area (Å²) >= 11 is 6.49. The molecular formula is C26H31ClN4O4. The maximum absolute atomic E-state index is 13.7. The van der Waals surface area contributed by atoms with Gasteiger partial charge < -0.3 is 25.2 Å². The first-order chi connectivity index (χ1) is 16.9. The van der Waals surface area contributed by atoms with E-state index in [-0.39, 0.29) is 30.4 Å². The molecule has 2 aliphatic heterocycles. The third kappa shape index (κ3) is 5.53. The predicted molar refractivity (Wildman–Crippen MR) is 135 cm³/mol. The molecule has 0 spiro atoms. The van der Waals surface area contributed by atoms with Gasteiger partial charge in [0.1, 0.15) is 11.8 Å². The summed E-state index contributed by atoms with van der Waals surface area (Å²) in [4.78, 5) is 42.4. The van der Waals surface area contributed by atoms with Crippen molar-refractivity contribution in [1.82, 2.24) is 15.5 Å². The number of hydrogen-bond donors (Lipinski definition) is 2. The summed E-state index contributed by atoms with van der Waals surface area (Å²) in [5.41, 5.74) is 1.94. The van der Waals surface area contributed by atoms with Crippen molar-refractivity contribution in [3.8, 4) is 5.75 Å². The van der Waals surface area contributed by atoms with E-state index >= 15 is 0 Å². The molecule has 2 atom stereocenters. The molecular weight excluding hydrogens is 468 g/mol. The van der Waals surface area contributed by atoms with E-state index in [1.165, 1.54) is 0 Å². The Morgan fingerprint density at radius 1 is 1.23 bits per heavy atom. The highest BCUT2D eigenvalue weighted by Gasteiger charge is 2.34. The number of nitrogens with one attached hydrogen (secondary N) is 2. The highest BCUT2D eigenvalue weighted by molar-refractivity contribution is 6.34. The minimum absolute atomic E-state index is 0.162. The van der Waals surface area contributed by atoms with Crippen LogP contribution in [-0.4, -0.2) is 54.5 Å². The predicted octanol–water partition coefficient (Wildman–Crippen LogP) is 3.97. The summed E-state index contributed by atoms with van der Waals surface area (Å²) in [5.74, 6) is 0.211. The zero-order valence-electron chi connectivity index (χ0n) is 20.1. The van der Waals surface area contributed by atoms with Gasteiger partial charge in [-0.05, 0) is 56.0 Å². The Labute approximate surface area is 210 Å². The summed E-state index contributed by atoms with van der Waals surface area (Å²) in [7, 11) is 0. The Hall–Kier alpha value is -3.26. The second-order valence-corrected chi connectivity index (χ2v) is 9.35. The molecule has 8 nitrogen and oxygen atoms in total. The van der Waals surface area contributed by atoms with Crippen LogP contribution in [0.2, 0.25) is 5.02 Å². The van der Waals surface area contributed by atoms with E-state index in [0.29, 0.717) is 42.5 Å². The van der Waals surface area contributed by atoms with Gasteiger partial charge in [0, 0.05) is 31.4 Å². The second kappa shape index (κ2) is 11.0. The van der Waals surface area contributed by atoms with E-state index in [1.807, 2.05) is 38.1 Å². The number of halogens is 1. The minimum atomic E-state index is -0.549. The van der Waals surface area contributed by atoms with Crippen molar-refractivity contribution in [2.24, 2.45) is 0 Å². The number of para-hydroxylation sites is 1. The van der Waals surface area contributed by atoms with Crippen molar-refractivity contribution in [3.63, 3.8) is 0 Å². The third-order valence-corrected chi connectivity index (χ3v) is 6.65. The van der Waals surface area contributed by atoms with Gasteiger partial charge >= 0.3 is 6.03 Å². The zero-order valence-corrected chi connectivity index (χ0v) is 20.8. The minimum Gasteiger partial charge on any atom is -0.494 e. The van der Waals surface area contributed by atoms with E-state index in [9.17, 15) is 14.4 Å². The number of carbonyl (C=O) groups excluding carboxylic acids is 3. The molecule has 2 N–H and O–H groups in total. The van der Waals surface area contributed by atoms with Crippen LogP contribution in [0.3, 0.4) is 0 Å². The summed E-state index contributed by atoms with van der Waals surface area (Å²) in [6.45, 7) is 5.72. The first-order valence-corrected chi connectivity index (χ1v) is 12.4. The lowest BCUT2D eigenvalue weighted by Crippen LogP contribution is -2.55. The van der Waals surface area contributed by atoms with Gasteiger partial charge in [-0.2, -0.15) is 0 Å². The number of hydrogen-bond acceptors (Lipinski definition) is 4. The fourth-order valence-electron chi connectivity index (χ4n) is 4.44. The molecule has 2 aliphatic rings. The molecule has 1 fully saturated rings. The molecule has 0 saturated carbocycles. The molecule has 0 aliphatic carbocycles. The largest absolute Gasteiger partial charge is 0.494 e. The average molecular weight is 499 g/mol. The lowest BCUT2D eigenvalue weighted by Gasteiger charge is -2.31. The van der Waals surface area contributed by atoms with Gasteiger partial charge in [-0.3, -0.25) is 9.59 Å². The molecule has 35 heavy (non-hydrogen) atoms. The normalized spacial score (nSPS) is 19.9. The smallest absolute Gasteiger partial charge is 0.318 e. The number of amides is 4. The Morgan fingerprint density at radius 2 is 2.03 bits per heavy atom. The first-order valence-electron chi connectivity index (χ1n) is 12.1. The summed E-state index contributed by atoms with van der Waals surface area (Å²) in [6.07, 6.45) is 2.30. The Kier molecular flexibility index (Phi) is 7.80. The molecule has 2 heterocycles. The fraction of sp³-hybridized carbons (Fsp3) is 0.423. The average Bonchev–Trinajstić information content (AvgIpc) is 3.00. The van der Waals surface area contributed by atoms with E-state index < -0.39 is 6.04 Å². The first kappa shape index (κ1) is 24.9. The highest BCUT2D eigenvalue weighted by Crippen LogP contribution is 2.31. The SMILES string of the molecule is CCCOc1ccc(C(=O)N2C[C@@H](C)N(C(=O)NC3CCCNC3=O)Cc3ccccc32)c(Cl)c1. The van der Waals surface area contributed by atoms with E-state index in [1.54, 1.807) is 28.0 Å². The van der Waals surface area contributed by atoms with Gasteiger partial charge in [-0.15, -0.1) is 0 Å². The number of piperidine rings is 1. The second-order valence-electron chi connectivity index (χ2n) is 8.95. The van der Waals surface area contributed by atoms with Gasteiger partial charge in [0.25, 0.3) is 5.91 Å². The van der Waals surface area contributed by atoms with Crippen LogP contribution in [0.15, 0.2) is 42.5 Å². The Morgan fingerprint density at radius 3 is 2.77 bits per heavy atom. The van der Waals surface area contributed by atoms with Crippen LogP contribution in [0, 0.1) is 0 Å². The van der Waals surface area contributed by atoms with Crippen molar-refractivity contribution in [3.05, 3.63) is 58.6 Å². The van der Waals surface area contributed by atoms with Crippen molar-refractivity contribution < 1.29 is 19.1 Å². The van der Waals surface area contributed by atoms with Crippen LogP contribution in [-0.2, 0) is 11.3 Å². The number of urea groups is 1. The molecule has 1 unspecified atom stereocenters. The van der Waals surface area contributed by atoms with Gasteiger partial charge in [0.05, 0.1) is 17.2 Å². The van der Waals surface area contributed by atoms with Crippen LogP contribution < -0.4 is 20.3 Å². The maximum Gasteiger partial charge on any atom is 0.318 e. The van der Waals surface area contributed by atoms with E-state index in [4.69, 9.17) is 16.3 Å². The van der Waals surface area contributed by atoms with Crippen LogP contribution in [0.4, 0.5) is 10.5 Å². The quantitative estimate of drug-likeness (QED) is 0.652. The Balaban J connectivity index is 1.58. The molecule has 0 radical (unpaired) electrons. The monoisotopic (exact) mass is 498 g/mol. The summed E-state index contributed by atoms with van der Waals surface area (Å²) in [5, 5.41) is 5.98. The molecule has 2 aromatic rings. The third-order valence-electron chi connectivity index (χ3n) is 6.33. The van der Waals surface area contributed by atoms with Crippen LogP contribution >= 0.6 is 11.6 Å². The maximum atomic E-state index is 13.7. The van der Waals surface area contributed by atoms with Crippen LogP contribution in [0.1, 0.15) is 49.0 Å². The summed E-state index contributed by atoms with van der Waals surface area (Å²) < 4.78 is 5.63. The van der Waals surface area contributed by atoms with Gasteiger partial charge in [-0.1, -0.05) is 36.7 Å². The van der Waals surface area contributed by atoms with Crippen molar-refractivity contribution >= 4 is 35.1 Å². The zero-order chi connectivity index (χ0) is 24.9. The molecule has 4 amide bonds. The number of carbonyl (C=O) groups is 3. The Bertz CT molecular complexity index is 1110. The van der Waals surface area contributed by atoms with E-state index in [0.717, 1.165) is 24.1 Å². The number of benzene rings is 2. The number of rotatable bonds is 5. The van der Waals surface area contributed by atoms with Crippen molar-refractivity contribution in [2.75, 3.05) is 24.6 Å². The van der Waals surface area contributed by atoms with E-state index in [2.05, 4.69) is 10.6 Å². The molecule has 1 saturated heterocycles. The number of ether oxygens (including phenoxy) is 1.